The zero-order valence-corrected chi connectivity index (χ0v) is 15.9. The summed E-state index contributed by atoms with van der Waals surface area (Å²) >= 11 is 0. The summed E-state index contributed by atoms with van der Waals surface area (Å²) in [6.07, 6.45) is 8.22. The maximum absolute atomic E-state index is 13.2. The topological polar surface area (TPSA) is 63.5 Å². The van der Waals surface area contributed by atoms with E-state index in [1.807, 2.05) is 34.0 Å². The second-order valence-corrected chi connectivity index (χ2v) is 7.17. The minimum absolute atomic E-state index is 0.132. The van der Waals surface area contributed by atoms with Crippen LogP contribution in [-0.2, 0) is 22.5 Å². The van der Waals surface area contributed by atoms with E-state index in [0.29, 0.717) is 6.54 Å². The van der Waals surface area contributed by atoms with Gasteiger partial charge < -0.3 is 19.1 Å². The maximum Gasteiger partial charge on any atom is 0.245 e. The SMILES string of the molecule is CCCC(C(=O)N1CCc2c(ncnc2N2CCOCC2)C1)n1cccc1. The molecule has 2 aliphatic heterocycles. The Labute approximate surface area is 160 Å². The molecule has 1 amide bonds. The number of morpholine rings is 1. The summed E-state index contributed by atoms with van der Waals surface area (Å²) in [5.41, 5.74) is 2.17. The number of amides is 1. The quantitative estimate of drug-likeness (QED) is 0.807. The van der Waals surface area contributed by atoms with Crippen LogP contribution in [0.2, 0.25) is 0 Å². The van der Waals surface area contributed by atoms with Crippen LogP contribution in [0.4, 0.5) is 5.82 Å². The van der Waals surface area contributed by atoms with Gasteiger partial charge in [-0.3, -0.25) is 4.79 Å². The third-order valence-electron chi connectivity index (χ3n) is 5.44. The molecular formula is C20H27N5O2. The second kappa shape index (κ2) is 8.08. The molecule has 0 saturated carbocycles. The maximum atomic E-state index is 13.2. The molecule has 0 bridgehead atoms. The summed E-state index contributed by atoms with van der Waals surface area (Å²) in [5, 5.41) is 0. The Morgan fingerprint density at radius 1 is 1.19 bits per heavy atom. The van der Waals surface area contributed by atoms with Gasteiger partial charge in [-0.1, -0.05) is 13.3 Å². The van der Waals surface area contributed by atoms with Crippen molar-refractivity contribution in [2.24, 2.45) is 0 Å². The van der Waals surface area contributed by atoms with Crippen molar-refractivity contribution in [1.29, 1.82) is 0 Å². The molecule has 0 radical (unpaired) electrons. The smallest absolute Gasteiger partial charge is 0.245 e. The lowest BCUT2D eigenvalue weighted by Gasteiger charge is -2.35. The Hall–Kier alpha value is -2.41. The van der Waals surface area contributed by atoms with Gasteiger partial charge in [-0.25, -0.2) is 9.97 Å². The van der Waals surface area contributed by atoms with E-state index in [1.165, 1.54) is 5.56 Å². The van der Waals surface area contributed by atoms with E-state index in [4.69, 9.17) is 4.74 Å². The molecule has 2 aliphatic rings. The molecule has 0 spiro atoms. The fourth-order valence-corrected chi connectivity index (χ4v) is 4.01. The number of fused-ring (bicyclic) bond motifs is 1. The zero-order chi connectivity index (χ0) is 18.6. The Morgan fingerprint density at radius 2 is 1.96 bits per heavy atom. The van der Waals surface area contributed by atoms with E-state index in [9.17, 15) is 4.79 Å². The van der Waals surface area contributed by atoms with Crippen molar-refractivity contribution in [3.63, 3.8) is 0 Å². The van der Waals surface area contributed by atoms with E-state index in [0.717, 1.165) is 63.6 Å². The van der Waals surface area contributed by atoms with E-state index in [2.05, 4.69) is 21.8 Å². The minimum Gasteiger partial charge on any atom is -0.378 e. The van der Waals surface area contributed by atoms with Gasteiger partial charge in [0.25, 0.3) is 0 Å². The van der Waals surface area contributed by atoms with Crippen LogP contribution in [0.1, 0.15) is 37.1 Å². The highest BCUT2D eigenvalue weighted by atomic mass is 16.5. The lowest BCUT2D eigenvalue weighted by atomic mass is 10.0. The molecule has 27 heavy (non-hydrogen) atoms. The number of nitrogens with zero attached hydrogens (tertiary/aromatic N) is 5. The van der Waals surface area contributed by atoms with Crippen molar-refractivity contribution in [1.82, 2.24) is 19.4 Å². The van der Waals surface area contributed by atoms with Crippen LogP contribution in [0.25, 0.3) is 0 Å². The van der Waals surface area contributed by atoms with Crippen molar-refractivity contribution >= 4 is 11.7 Å². The van der Waals surface area contributed by atoms with Crippen LogP contribution in [0.15, 0.2) is 30.9 Å². The van der Waals surface area contributed by atoms with Crippen LogP contribution >= 0.6 is 0 Å². The largest absolute Gasteiger partial charge is 0.378 e. The molecule has 1 atom stereocenters. The lowest BCUT2D eigenvalue weighted by molar-refractivity contribution is -0.136. The van der Waals surface area contributed by atoms with E-state index >= 15 is 0 Å². The van der Waals surface area contributed by atoms with Crippen molar-refractivity contribution in [3.05, 3.63) is 42.1 Å². The molecule has 7 heteroatoms. The van der Waals surface area contributed by atoms with Crippen LogP contribution in [0, 0.1) is 0 Å². The van der Waals surface area contributed by atoms with Crippen molar-refractivity contribution < 1.29 is 9.53 Å². The molecule has 2 aromatic rings. The van der Waals surface area contributed by atoms with E-state index in [-0.39, 0.29) is 11.9 Å². The van der Waals surface area contributed by atoms with Gasteiger partial charge in [-0.05, 0) is 25.0 Å². The summed E-state index contributed by atoms with van der Waals surface area (Å²) in [6.45, 7) is 6.60. The number of rotatable bonds is 5. The molecular weight excluding hydrogens is 342 g/mol. The number of carbonyl (C=O) groups is 1. The molecule has 1 saturated heterocycles. The molecule has 144 valence electrons. The Bertz CT molecular complexity index is 771. The molecule has 4 rings (SSSR count). The summed E-state index contributed by atoms with van der Waals surface area (Å²) in [7, 11) is 0. The number of ether oxygens (including phenoxy) is 1. The van der Waals surface area contributed by atoms with Gasteiger partial charge in [-0.15, -0.1) is 0 Å². The number of hydrogen-bond donors (Lipinski definition) is 0. The molecule has 0 N–H and O–H groups in total. The molecule has 0 aliphatic carbocycles. The first-order valence-corrected chi connectivity index (χ1v) is 9.84. The monoisotopic (exact) mass is 369 g/mol. The number of aromatic nitrogens is 3. The van der Waals surface area contributed by atoms with E-state index in [1.54, 1.807) is 6.33 Å². The van der Waals surface area contributed by atoms with Gasteiger partial charge in [-0.2, -0.15) is 0 Å². The van der Waals surface area contributed by atoms with Crippen molar-refractivity contribution in [2.45, 2.75) is 38.8 Å². The molecule has 1 fully saturated rings. The van der Waals surface area contributed by atoms with Crippen molar-refractivity contribution in [2.75, 3.05) is 37.7 Å². The molecule has 1 unspecified atom stereocenters. The second-order valence-electron chi connectivity index (χ2n) is 7.17. The first kappa shape index (κ1) is 18.0. The normalized spacial score (nSPS) is 18.3. The first-order valence-electron chi connectivity index (χ1n) is 9.84. The third-order valence-corrected chi connectivity index (χ3v) is 5.44. The minimum atomic E-state index is -0.132. The van der Waals surface area contributed by atoms with E-state index < -0.39 is 0 Å². The Kier molecular flexibility index (Phi) is 5.38. The average Bonchev–Trinajstić information content (AvgIpc) is 3.26. The van der Waals surface area contributed by atoms with Crippen LogP contribution in [0.5, 0.6) is 0 Å². The first-order chi connectivity index (χ1) is 13.3. The Morgan fingerprint density at radius 3 is 2.70 bits per heavy atom. The number of anilines is 1. The predicted molar refractivity (Wildman–Crippen MR) is 103 cm³/mol. The molecule has 7 nitrogen and oxygen atoms in total. The summed E-state index contributed by atoms with van der Waals surface area (Å²) in [5.74, 6) is 1.20. The summed E-state index contributed by atoms with van der Waals surface area (Å²) in [6, 6.07) is 3.82. The Balaban J connectivity index is 1.53. The average molecular weight is 369 g/mol. The third kappa shape index (κ3) is 3.69. The standard InChI is InChI=1S/C20H27N5O2/c1-2-5-18(23-7-3-4-8-23)20(26)25-9-6-16-17(14-25)21-15-22-19(16)24-10-12-27-13-11-24/h3-4,7-8,15,18H,2,5-6,9-14H2,1H3. The number of carbonyl (C=O) groups excluding carboxylic acids is 1. The highest BCUT2D eigenvalue weighted by molar-refractivity contribution is 5.81. The van der Waals surface area contributed by atoms with Crippen LogP contribution in [-0.4, -0.2) is 58.2 Å². The fourth-order valence-electron chi connectivity index (χ4n) is 4.01. The van der Waals surface area contributed by atoms with Gasteiger partial charge in [0.15, 0.2) is 0 Å². The number of hydrogen-bond acceptors (Lipinski definition) is 5. The summed E-state index contributed by atoms with van der Waals surface area (Å²) < 4.78 is 7.49. The van der Waals surface area contributed by atoms with Gasteiger partial charge in [0.1, 0.15) is 18.2 Å². The lowest BCUT2D eigenvalue weighted by Crippen LogP contribution is -2.42. The van der Waals surface area contributed by atoms with Gasteiger partial charge in [0.05, 0.1) is 25.5 Å². The highest BCUT2D eigenvalue weighted by Gasteiger charge is 2.30. The fraction of sp³-hybridized carbons (Fsp3) is 0.550. The van der Waals surface area contributed by atoms with Gasteiger partial charge in [0.2, 0.25) is 5.91 Å². The predicted octanol–water partition coefficient (Wildman–Crippen LogP) is 2.04. The molecule has 2 aromatic heterocycles. The van der Waals surface area contributed by atoms with Crippen LogP contribution < -0.4 is 4.90 Å². The summed E-state index contributed by atoms with van der Waals surface area (Å²) in [4.78, 5) is 26.5. The van der Waals surface area contributed by atoms with Gasteiger partial charge >= 0.3 is 0 Å². The zero-order valence-electron chi connectivity index (χ0n) is 15.9. The van der Waals surface area contributed by atoms with Crippen LogP contribution in [0.3, 0.4) is 0 Å². The molecule has 0 aromatic carbocycles. The molecule has 4 heterocycles. The highest BCUT2D eigenvalue weighted by Crippen LogP contribution is 2.28. The van der Waals surface area contributed by atoms with Gasteiger partial charge in [0, 0.05) is 37.6 Å². The van der Waals surface area contributed by atoms with Crippen molar-refractivity contribution in [3.8, 4) is 0 Å².